The van der Waals surface area contributed by atoms with Gasteiger partial charge in [0, 0.05) is 11.8 Å². The first kappa shape index (κ1) is 16.2. The zero-order valence-electron chi connectivity index (χ0n) is 12.5. The van der Waals surface area contributed by atoms with E-state index >= 15 is 0 Å². The summed E-state index contributed by atoms with van der Waals surface area (Å²) in [5.41, 5.74) is -1.19. The second kappa shape index (κ2) is 5.77. The van der Waals surface area contributed by atoms with Crippen LogP contribution < -0.4 is 9.64 Å². The van der Waals surface area contributed by atoms with Gasteiger partial charge in [-0.25, -0.2) is 9.37 Å². The Hall–Kier alpha value is -2.64. The van der Waals surface area contributed by atoms with E-state index in [-0.39, 0.29) is 24.1 Å². The van der Waals surface area contributed by atoms with Gasteiger partial charge in [-0.2, -0.15) is 13.2 Å². The summed E-state index contributed by atoms with van der Waals surface area (Å²) in [4.78, 5) is 18.0. The number of amides is 1. The summed E-state index contributed by atoms with van der Waals surface area (Å²) in [5, 5.41) is 0. The van der Waals surface area contributed by atoms with E-state index < -0.39 is 23.5 Å². The molecule has 0 saturated carbocycles. The number of alkyl halides is 3. The molecule has 3 rings (SSSR count). The molecule has 0 N–H and O–H groups in total. The fourth-order valence-electron chi connectivity index (χ4n) is 2.49. The molecule has 2 aromatic rings. The number of halogens is 4. The Kier molecular flexibility index (Phi) is 3.90. The van der Waals surface area contributed by atoms with Crippen LogP contribution in [0, 0.1) is 5.82 Å². The number of nitrogens with zero attached hydrogens (tertiary/aromatic N) is 2. The molecule has 0 bridgehead atoms. The van der Waals surface area contributed by atoms with Crippen molar-refractivity contribution in [2.45, 2.75) is 19.2 Å². The van der Waals surface area contributed by atoms with E-state index in [1.165, 1.54) is 11.1 Å². The molecule has 0 spiro atoms. The van der Waals surface area contributed by atoms with E-state index in [0.29, 0.717) is 17.8 Å². The highest BCUT2D eigenvalue weighted by atomic mass is 19.4. The predicted octanol–water partition coefficient (Wildman–Crippen LogP) is 3.67. The van der Waals surface area contributed by atoms with Gasteiger partial charge in [-0.1, -0.05) is 0 Å². The fraction of sp³-hybridized carbons (Fsp3) is 0.250. The molecular formula is C16H12F4N2O2. The standard InChI is InChI=1S/C16H12F4N2O2/c1-9-8-22(13-3-2-6-21-14(13)24-9)15(23)10-4-5-11(12(17)7-10)16(18,19)20/h2-7,9H,8H2,1H3. The van der Waals surface area contributed by atoms with Gasteiger partial charge in [0.15, 0.2) is 0 Å². The molecule has 2 heterocycles. The first-order valence-corrected chi connectivity index (χ1v) is 7.07. The molecule has 1 aromatic carbocycles. The van der Waals surface area contributed by atoms with Crippen molar-refractivity contribution < 1.29 is 27.1 Å². The van der Waals surface area contributed by atoms with Gasteiger partial charge in [0.05, 0.1) is 12.1 Å². The number of aromatic nitrogens is 1. The number of carbonyl (C=O) groups excluding carboxylic acids is 1. The van der Waals surface area contributed by atoms with Crippen LogP contribution in [0.15, 0.2) is 36.5 Å². The monoisotopic (exact) mass is 340 g/mol. The Labute approximate surface area is 134 Å². The van der Waals surface area contributed by atoms with E-state index in [0.717, 1.165) is 6.07 Å². The number of hydrogen-bond acceptors (Lipinski definition) is 3. The fourth-order valence-corrected chi connectivity index (χ4v) is 2.49. The van der Waals surface area contributed by atoms with Crippen molar-refractivity contribution in [3.05, 3.63) is 53.5 Å². The van der Waals surface area contributed by atoms with Gasteiger partial charge >= 0.3 is 6.18 Å². The smallest absolute Gasteiger partial charge is 0.419 e. The van der Waals surface area contributed by atoms with Crippen LogP contribution in [-0.2, 0) is 6.18 Å². The maximum atomic E-state index is 13.7. The van der Waals surface area contributed by atoms with Crippen LogP contribution in [0.1, 0.15) is 22.8 Å². The Bertz CT molecular complexity index is 792. The van der Waals surface area contributed by atoms with E-state index in [4.69, 9.17) is 4.74 Å². The molecule has 0 aliphatic carbocycles. The van der Waals surface area contributed by atoms with E-state index in [1.807, 2.05) is 0 Å². The van der Waals surface area contributed by atoms with Gasteiger partial charge in [0.2, 0.25) is 5.88 Å². The lowest BCUT2D eigenvalue weighted by atomic mass is 10.1. The molecule has 1 aliphatic rings. The minimum Gasteiger partial charge on any atom is -0.471 e. The third kappa shape index (κ3) is 2.91. The Morgan fingerprint density at radius 1 is 1.33 bits per heavy atom. The second-order valence-electron chi connectivity index (χ2n) is 5.36. The van der Waals surface area contributed by atoms with Crippen LogP contribution in [0.2, 0.25) is 0 Å². The minimum atomic E-state index is -4.81. The molecule has 0 fully saturated rings. The van der Waals surface area contributed by atoms with Crippen molar-refractivity contribution in [2.24, 2.45) is 0 Å². The molecule has 126 valence electrons. The van der Waals surface area contributed by atoms with Gasteiger partial charge in [0.25, 0.3) is 5.91 Å². The number of anilines is 1. The summed E-state index contributed by atoms with van der Waals surface area (Å²) in [5.74, 6) is -1.86. The summed E-state index contributed by atoms with van der Waals surface area (Å²) in [6, 6.07) is 5.33. The van der Waals surface area contributed by atoms with E-state index in [9.17, 15) is 22.4 Å². The van der Waals surface area contributed by atoms with E-state index in [1.54, 1.807) is 19.1 Å². The van der Waals surface area contributed by atoms with E-state index in [2.05, 4.69) is 4.98 Å². The molecule has 1 amide bonds. The van der Waals surface area contributed by atoms with Crippen molar-refractivity contribution in [1.82, 2.24) is 4.98 Å². The molecule has 1 aliphatic heterocycles. The lowest BCUT2D eigenvalue weighted by molar-refractivity contribution is -0.140. The van der Waals surface area contributed by atoms with Crippen molar-refractivity contribution in [1.29, 1.82) is 0 Å². The number of ether oxygens (including phenoxy) is 1. The summed E-state index contributed by atoms with van der Waals surface area (Å²) >= 11 is 0. The highest BCUT2D eigenvalue weighted by molar-refractivity contribution is 6.07. The van der Waals surface area contributed by atoms with Crippen LogP contribution in [0.5, 0.6) is 5.88 Å². The third-order valence-electron chi connectivity index (χ3n) is 3.56. The first-order chi connectivity index (χ1) is 11.3. The summed E-state index contributed by atoms with van der Waals surface area (Å²) in [6.45, 7) is 1.91. The SMILES string of the molecule is CC1CN(C(=O)c2ccc(C(F)(F)F)c(F)c2)c2cccnc2O1. The van der Waals surface area contributed by atoms with Gasteiger partial charge in [-0.15, -0.1) is 0 Å². The lowest BCUT2D eigenvalue weighted by Crippen LogP contribution is -2.42. The highest BCUT2D eigenvalue weighted by Crippen LogP contribution is 2.34. The number of carbonyl (C=O) groups is 1. The topological polar surface area (TPSA) is 42.4 Å². The number of rotatable bonds is 1. The number of pyridine rings is 1. The molecule has 8 heteroatoms. The average Bonchev–Trinajstić information content (AvgIpc) is 2.52. The summed E-state index contributed by atoms with van der Waals surface area (Å²) < 4.78 is 57.1. The molecule has 4 nitrogen and oxygen atoms in total. The van der Waals surface area contributed by atoms with Gasteiger partial charge in [-0.3, -0.25) is 9.69 Å². The Morgan fingerprint density at radius 2 is 2.08 bits per heavy atom. The molecular weight excluding hydrogens is 328 g/mol. The number of benzene rings is 1. The van der Waals surface area contributed by atoms with Crippen LogP contribution in [0.25, 0.3) is 0 Å². The van der Waals surface area contributed by atoms with Crippen molar-refractivity contribution in [3.8, 4) is 5.88 Å². The maximum Gasteiger partial charge on any atom is 0.419 e. The van der Waals surface area contributed by atoms with Gasteiger partial charge in [0.1, 0.15) is 17.6 Å². The largest absolute Gasteiger partial charge is 0.471 e. The molecule has 24 heavy (non-hydrogen) atoms. The Balaban J connectivity index is 1.97. The number of fused-ring (bicyclic) bond motifs is 1. The van der Waals surface area contributed by atoms with Crippen LogP contribution >= 0.6 is 0 Å². The summed E-state index contributed by atoms with van der Waals surface area (Å²) in [7, 11) is 0. The van der Waals surface area contributed by atoms with Crippen LogP contribution in [0.4, 0.5) is 23.2 Å². The first-order valence-electron chi connectivity index (χ1n) is 7.07. The van der Waals surface area contributed by atoms with Crippen molar-refractivity contribution in [2.75, 3.05) is 11.4 Å². The van der Waals surface area contributed by atoms with Crippen molar-refractivity contribution >= 4 is 11.6 Å². The lowest BCUT2D eigenvalue weighted by Gasteiger charge is -2.32. The van der Waals surface area contributed by atoms with Crippen molar-refractivity contribution in [3.63, 3.8) is 0 Å². The quantitative estimate of drug-likeness (QED) is 0.744. The third-order valence-corrected chi connectivity index (χ3v) is 3.56. The molecule has 1 aromatic heterocycles. The Morgan fingerprint density at radius 3 is 2.75 bits per heavy atom. The summed E-state index contributed by atoms with van der Waals surface area (Å²) in [6.07, 6.45) is -3.66. The normalized spacial score (nSPS) is 17.2. The molecule has 0 saturated heterocycles. The second-order valence-corrected chi connectivity index (χ2v) is 5.36. The van der Waals surface area contributed by atoms with Crippen LogP contribution in [-0.4, -0.2) is 23.5 Å². The van der Waals surface area contributed by atoms with Gasteiger partial charge in [-0.05, 0) is 37.3 Å². The molecule has 1 atom stereocenters. The zero-order valence-corrected chi connectivity index (χ0v) is 12.5. The van der Waals surface area contributed by atoms with Crippen LogP contribution in [0.3, 0.4) is 0 Å². The molecule has 1 unspecified atom stereocenters. The van der Waals surface area contributed by atoms with Gasteiger partial charge < -0.3 is 4.74 Å². The maximum absolute atomic E-state index is 13.7. The minimum absolute atomic E-state index is 0.176. The number of hydrogen-bond donors (Lipinski definition) is 0. The average molecular weight is 340 g/mol. The predicted molar refractivity (Wildman–Crippen MR) is 77.4 cm³/mol. The molecule has 0 radical (unpaired) electrons. The highest BCUT2D eigenvalue weighted by Gasteiger charge is 2.35. The zero-order chi connectivity index (χ0) is 17.5.